The predicted octanol–water partition coefficient (Wildman–Crippen LogP) is 37.5. The smallest absolute Gasteiger partial charge is 0.365 e. The zero-order chi connectivity index (χ0) is 95.4. The monoisotopic (exact) mass is 1890 g/mol. The SMILES string of the molecule is CN1CCc2nc(C(=O)O)sc2C1.Cl.F.FF.FF.FF.FF.FF.FF.FF.FF.FF.FF.FF.FF.FF.FF.FF.FF.FF.FF.FF.FF.FF.FF.FF.FF.FF.FF.FF.FF.FF.FF.FF.FF.FF.FF.FF.FF.FF.FF.FF.FF.FF.FF.FF. The van der Waals surface area contributed by atoms with Crippen molar-refractivity contribution < 1.29 is 408 Å². The van der Waals surface area contributed by atoms with Crippen LogP contribution >= 0.6 is 23.7 Å². The molecule has 1 aromatic rings. The fraction of sp³-hybridized carbons (Fsp3) is 0.500. The number of likely N-dealkylation sites (N-methyl/N-ethyl adjacent to an activating group) is 1. The number of thiazole rings is 1. The Hall–Kier alpha value is -6.74. The summed E-state index contributed by atoms with van der Waals surface area (Å²) in [4.78, 5) is 18.0. The maximum absolute atomic E-state index is 10.6. The zero-order valence-electron chi connectivity index (χ0n) is 40.6. The van der Waals surface area contributed by atoms with E-state index in [1.165, 1.54) is 11.3 Å². The summed E-state index contributed by atoms with van der Waals surface area (Å²) in [5, 5.41) is 8.96. The molecule has 1 N–H and O–H groups in total. The number of hydrogen-bond donors (Lipinski definition) is 1. The molecule has 0 saturated carbocycles. The first kappa shape index (κ1) is 325. The van der Waals surface area contributed by atoms with Gasteiger partial charge in [-0.15, -0.1) is 23.7 Å². The normalized spacial score (nSPS) is 4.74. The molecule has 4 nitrogen and oxygen atoms in total. The first-order valence-corrected chi connectivity index (χ1v) is 11.0. The number of carboxylic acids is 1. The Morgan fingerprint density at radius 2 is 0.356 bits per heavy atom. The van der Waals surface area contributed by atoms with E-state index in [1.54, 1.807) is 0 Å². The van der Waals surface area contributed by atoms with Crippen molar-refractivity contribution in [1.82, 2.24) is 9.88 Å². The second-order valence-electron chi connectivity index (χ2n) is 3.18. The van der Waals surface area contributed by atoms with Gasteiger partial charge >= 0.3 is 5.97 Å². The van der Waals surface area contributed by atoms with Gasteiger partial charge < -0.3 is 10.0 Å². The van der Waals surface area contributed by atoms with Crippen molar-refractivity contribution in [3.8, 4) is 0 Å². The third kappa shape index (κ3) is 2330. The Labute approximate surface area is 492 Å². The molecule has 1 aliphatic rings. The summed E-state index contributed by atoms with van der Waals surface area (Å²) in [6, 6.07) is 0. The van der Waals surface area contributed by atoms with Crippen LogP contribution in [0, 0.1) is 0 Å². The lowest BCUT2D eigenvalue weighted by Gasteiger charge is -2.20. The summed E-state index contributed by atoms with van der Waals surface area (Å²) < 4.78 is 688. The number of rotatable bonds is 1. The van der Waals surface area contributed by atoms with E-state index in [-0.39, 0.29) is 22.1 Å². The molecule has 0 aromatic carbocycles. The van der Waals surface area contributed by atoms with Crippen LogP contribution in [0.2, 0.25) is 0 Å². The van der Waals surface area contributed by atoms with Gasteiger partial charge in [-0.3, -0.25) is 4.70 Å². The Balaban J connectivity index is -0.00000000805. The molecule has 2 heterocycles. The number of carboxylic acid groups (broad SMARTS) is 1. The lowest BCUT2D eigenvalue weighted by atomic mass is 10.2. The number of hydrogen-bond acceptors (Lipinski definition) is 4. The molecule has 0 bridgehead atoms. The second kappa shape index (κ2) is 4510. The van der Waals surface area contributed by atoms with Crippen LogP contribution in [0.3, 0.4) is 0 Å². The molecule has 0 unspecified atom stereocenters. The van der Waals surface area contributed by atoms with Crippen molar-refractivity contribution >= 4 is 29.7 Å². The first-order valence-electron chi connectivity index (χ1n) is 10.2. The number of halogens is 88. The highest BCUT2D eigenvalue weighted by molar-refractivity contribution is 7.13. The van der Waals surface area contributed by atoms with E-state index >= 15 is 0 Å². The van der Waals surface area contributed by atoms with Gasteiger partial charge in [0.15, 0.2) is 0 Å². The zero-order valence-corrected chi connectivity index (χ0v) is 42.2. The largest absolute Gasteiger partial charge is 0.476 e. The molecule has 0 radical (unpaired) electrons. The molecule has 93 heteroatoms. The number of fused-ring (bicyclic) bond motifs is 1. The topological polar surface area (TPSA) is 53.4 Å². The van der Waals surface area contributed by atoms with Gasteiger partial charge in [-0.05, 0) is 7.05 Å². The Morgan fingerprint density at radius 3 is 0.446 bits per heavy atom. The molecule has 0 saturated heterocycles. The highest BCUT2D eigenvalue weighted by Crippen LogP contribution is 2.24. The molecule has 1 aromatic heterocycles. The number of carbonyl (C=O) groups is 1. The van der Waals surface area contributed by atoms with E-state index in [0.717, 1.165) is 30.1 Å². The van der Waals surface area contributed by atoms with Crippen LogP contribution in [0.4, 0.5) is 398 Å². The van der Waals surface area contributed by atoms with E-state index in [9.17, 15) is 4.79 Å². The summed E-state index contributed by atoms with van der Waals surface area (Å²) >= 11 is 1.29. The maximum atomic E-state index is 10.6. The van der Waals surface area contributed by atoms with Gasteiger partial charge in [0.1, 0.15) is 0 Å². The van der Waals surface area contributed by atoms with Gasteiger partial charge in [-0.2, -0.15) is 0 Å². The third-order valence-electron chi connectivity index (χ3n) is 2.11. The Bertz CT molecular complexity index is 412. The number of nitrogens with zero attached hydrogens (tertiary/aromatic N) is 2. The van der Waals surface area contributed by atoms with Crippen LogP contribution in [0.1, 0.15) is 20.4 Å². The molecular weight excluding hydrogens is 1880 g/mol. The van der Waals surface area contributed by atoms with Crippen molar-refractivity contribution in [1.29, 1.82) is 0 Å². The summed E-state index contributed by atoms with van der Waals surface area (Å²) in [5.41, 5.74) is 0.973. The highest BCUT2D eigenvalue weighted by atomic mass is 35.5. The molecule has 0 amide bonds. The molecule has 2 rings (SSSR count). The van der Waals surface area contributed by atoms with E-state index in [2.05, 4.69) is 9.88 Å². The van der Waals surface area contributed by atoms with Crippen LogP contribution < -0.4 is 0 Å². The maximum Gasteiger partial charge on any atom is 0.365 e. The molecule has 0 atom stereocenters. The molecule has 1 aliphatic heterocycles. The fourth-order valence-corrected chi connectivity index (χ4v) is 2.44. The predicted molar refractivity (Wildman–Crippen MR) is 154 cm³/mol. The van der Waals surface area contributed by atoms with Crippen molar-refractivity contribution in [3.63, 3.8) is 0 Å². The number of aromatic carboxylic acids is 1. The lowest BCUT2D eigenvalue weighted by molar-refractivity contribution is 0.0696. The van der Waals surface area contributed by atoms with E-state index in [4.69, 9.17) is 398 Å². The first-order chi connectivity index (χ1) is 49.2. The Kier molecular flexibility index (Phi) is 14500. The molecule has 101 heavy (non-hydrogen) atoms. The molecule has 0 aliphatic carbocycles. The minimum absolute atomic E-state index is 0. The van der Waals surface area contributed by atoms with Gasteiger partial charge in [0, 0.05) is 418 Å². The summed E-state index contributed by atoms with van der Waals surface area (Å²) in [6.45, 7) is 1.80. The molecule has 0 spiro atoms. The van der Waals surface area contributed by atoms with Crippen LogP contribution in [0.25, 0.3) is 0 Å². The van der Waals surface area contributed by atoms with Crippen LogP contribution in [0.5, 0.6) is 0 Å². The van der Waals surface area contributed by atoms with Crippen LogP contribution in [0.15, 0.2) is 0 Å². The summed E-state index contributed by atoms with van der Waals surface area (Å²) in [7, 11) is 2.03. The number of aromatic nitrogens is 1. The van der Waals surface area contributed by atoms with E-state index < -0.39 is 5.97 Å². The standard InChI is InChI=1S/C8H10N2O2S.ClH.43F2.FH/c1-10-3-2-5-6(4-10)13-7(9-5)8(11)12;;43*1-2;/h2-4H2,1H3,(H,11,12);1H;;;;;;;;;;;;;;;;;;;;;;;;;;;;;;;;;;;;;;;;;;;;1H. The van der Waals surface area contributed by atoms with E-state index in [0.29, 0.717) is 0 Å². The van der Waals surface area contributed by atoms with Gasteiger partial charge in [-0.1, -0.05) is 0 Å². The minimum Gasteiger partial charge on any atom is -0.476 e. The van der Waals surface area contributed by atoms with Crippen LogP contribution in [-0.2, 0) is 13.0 Å². The average molecular weight is 1890 g/mol. The van der Waals surface area contributed by atoms with Gasteiger partial charge in [0.2, 0.25) is 5.01 Å². The van der Waals surface area contributed by atoms with Gasteiger partial charge in [0.05, 0.1) is 5.69 Å². The van der Waals surface area contributed by atoms with Gasteiger partial charge in [-0.25, -0.2) is 9.78 Å². The molecular formula is C8H12ClF87N2O2S. The van der Waals surface area contributed by atoms with Crippen molar-refractivity contribution in [3.05, 3.63) is 15.6 Å². The van der Waals surface area contributed by atoms with Crippen molar-refractivity contribution in [2.45, 2.75) is 13.0 Å². The highest BCUT2D eigenvalue weighted by Gasteiger charge is 2.20. The van der Waals surface area contributed by atoms with Crippen LogP contribution in [-0.4, -0.2) is 34.6 Å². The third-order valence-corrected chi connectivity index (χ3v) is 3.18. The Morgan fingerprint density at radius 1 is 0.257 bits per heavy atom. The van der Waals surface area contributed by atoms with E-state index in [1.807, 2.05) is 7.05 Å². The summed E-state index contributed by atoms with van der Waals surface area (Å²) in [5.74, 6) is -0.915. The second-order valence-corrected chi connectivity index (χ2v) is 4.27. The summed E-state index contributed by atoms with van der Waals surface area (Å²) in [6.07, 6.45) is 0.871. The minimum atomic E-state index is -0.915. The molecule has 0 fully saturated rings. The van der Waals surface area contributed by atoms with Gasteiger partial charge in [0.25, 0.3) is 0 Å². The molecule has 688 valence electrons. The average Bonchev–Trinajstić information content (AvgIpc) is 2.35. The van der Waals surface area contributed by atoms with Crippen molar-refractivity contribution in [2.75, 3.05) is 13.6 Å². The lowest BCUT2D eigenvalue weighted by Crippen LogP contribution is -2.25. The quantitative estimate of drug-likeness (QED) is 0.285. The fourth-order valence-electron chi connectivity index (χ4n) is 1.41. The van der Waals surface area contributed by atoms with Crippen molar-refractivity contribution in [2.24, 2.45) is 0 Å².